The molecule has 6 nitrogen and oxygen atoms in total. The Morgan fingerprint density at radius 2 is 1.36 bits per heavy atom. The smallest absolute Gasteiger partial charge is 0.201 e. The number of para-hydroxylation sites is 1. The zero-order valence-electron chi connectivity index (χ0n) is 32.9. The molecule has 55 heavy (non-hydrogen) atoms. The third-order valence-electron chi connectivity index (χ3n) is 9.61. The van der Waals surface area contributed by atoms with Crippen molar-refractivity contribution in [1.82, 2.24) is 0 Å². The van der Waals surface area contributed by atoms with Crippen LogP contribution in [-0.2, 0) is 14.9 Å². The van der Waals surface area contributed by atoms with Gasteiger partial charge in [-0.15, -0.1) is 0 Å². The van der Waals surface area contributed by atoms with Crippen LogP contribution in [0, 0.1) is 11.8 Å². The van der Waals surface area contributed by atoms with Crippen LogP contribution in [0.3, 0.4) is 0 Å². The number of allylic oxidation sites excluding steroid dienone is 8. The largest absolute Gasteiger partial charge is 0.496 e. The van der Waals surface area contributed by atoms with E-state index in [-0.39, 0.29) is 5.92 Å². The molecule has 2 unspecified atom stereocenters. The van der Waals surface area contributed by atoms with Crippen LogP contribution >= 0.6 is 0 Å². The molecule has 0 N–H and O–H groups in total. The van der Waals surface area contributed by atoms with E-state index in [1.54, 1.807) is 34.5 Å². The lowest BCUT2D eigenvalue weighted by Gasteiger charge is -2.30. The molecule has 2 atom stereocenters. The number of hydrogen-bond acceptors (Lipinski definition) is 6. The molecule has 0 saturated heterocycles. The van der Waals surface area contributed by atoms with Crippen molar-refractivity contribution in [3.63, 3.8) is 0 Å². The fourth-order valence-electron chi connectivity index (χ4n) is 6.63. The average molecular weight is 731 g/mol. The predicted molar refractivity (Wildman–Crippen MR) is 227 cm³/mol. The summed E-state index contributed by atoms with van der Waals surface area (Å²) in [6.45, 7) is 10.2. The van der Waals surface area contributed by atoms with Gasteiger partial charge in [0.05, 0.1) is 46.0 Å². The second-order valence-electron chi connectivity index (χ2n) is 13.4. The molecule has 1 aliphatic rings. The van der Waals surface area contributed by atoms with E-state index in [0.717, 1.165) is 50.5 Å². The first kappa shape index (κ1) is 39.9. The van der Waals surface area contributed by atoms with E-state index in [0.29, 0.717) is 24.0 Å². The van der Waals surface area contributed by atoms with Gasteiger partial charge in [0, 0.05) is 34.2 Å². The molecule has 0 aromatic heterocycles. The third kappa shape index (κ3) is 9.62. The Balaban J connectivity index is 1.69. The topological polar surface area (TPSA) is 61.6 Å². The van der Waals surface area contributed by atoms with E-state index < -0.39 is 11.3 Å². The van der Waals surface area contributed by atoms with Crippen molar-refractivity contribution in [2.24, 2.45) is 9.98 Å². The Kier molecular flexibility index (Phi) is 13.9. The molecule has 0 heterocycles. The Morgan fingerprint density at radius 1 is 0.764 bits per heavy atom. The maximum atomic E-state index is 6.08. The van der Waals surface area contributed by atoms with Gasteiger partial charge in [-0.05, 0) is 60.0 Å². The fourth-order valence-corrected chi connectivity index (χ4v) is 6.63. The Hall–Kier alpha value is -6.32. The van der Waals surface area contributed by atoms with Gasteiger partial charge in [-0.3, -0.25) is 0 Å². The number of aliphatic imine (C=N–C) groups is 2. The molecule has 1 aliphatic carbocycles. The van der Waals surface area contributed by atoms with Crippen LogP contribution in [0.2, 0.25) is 0 Å². The molecule has 0 saturated carbocycles. The van der Waals surface area contributed by atoms with Crippen molar-refractivity contribution in [2.75, 3.05) is 28.4 Å². The summed E-state index contributed by atoms with van der Waals surface area (Å²) in [6.07, 6.45) is 14.2. The highest BCUT2D eigenvalue weighted by molar-refractivity contribution is 5.91. The van der Waals surface area contributed by atoms with Crippen molar-refractivity contribution in [2.45, 2.75) is 44.4 Å². The van der Waals surface area contributed by atoms with Crippen LogP contribution in [-0.4, -0.2) is 40.2 Å². The van der Waals surface area contributed by atoms with E-state index in [1.165, 1.54) is 0 Å². The first-order chi connectivity index (χ1) is 26.7. The zero-order valence-corrected chi connectivity index (χ0v) is 32.9. The minimum absolute atomic E-state index is 0.355. The van der Waals surface area contributed by atoms with Crippen molar-refractivity contribution in [3.8, 4) is 23.3 Å². The van der Waals surface area contributed by atoms with Gasteiger partial charge in [-0.1, -0.05) is 135 Å². The van der Waals surface area contributed by atoms with E-state index in [2.05, 4.69) is 74.7 Å². The Labute approximate surface area is 327 Å². The van der Waals surface area contributed by atoms with Crippen molar-refractivity contribution in [3.05, 3.63) is 185 Å². The number of ether oxygens (including phenoxy) is 4. The minimum Gasteiger partial charge on any atom is -0.496 e. The van der Waals surface area contributed by atoms with E-state index in [1.807, 2.05) is 98.0 Å². The molecule has 280 valence electrons. The van der Waals surface area contributed by atoms with Crippen molar-refractivity contribution < 1.29 is 18.9 Å². The average Bonchev–Trinajstić information content (AvgIpc) is 3.50. The lowest BCUT2D eigenvalue weighted by atomic mass is 9.75. The second kappa shape index (κ2) is 19.1. The summed E-state index contributed by atoms with van der Waals surface area (Å²) >= 11 is 0. The molecule has 0 fully saturated rings. The molecule has 0 radical (unpaired) electrons. The molecule has 6 heteroatoms. The molecule has 5 rings (SSSR count). The molecule has 0 bridgehead atoms. The van der Waals surface area contributed by atoms with Crippen LogP contribution < -0.4 is 9.47 Å². The van der Waals surface area contributed by atoms with Gasteiger partial charge < -0.3 is 18.9 Å². The second-order valence-corrected chi connectivity index (χ2v) is 13.4. The van der Waals surface area contributed by atoms with E-state index in [4.69, 9.17) is 28.9 Å². The SMILES string of the molecule is C=C/C=C\C=C(/C)N=C(OC)C(c1ccccc1)c1cc(C(C)(C)c2ccc(OC)c(C(C3=CC=CCC#C3)C(=Nc3ccccc3)OC)c2)ccc1OC. The molecule has 0 aliphatic heterocycles. The van der Waals surface area contributed by atoms with E-state index in [9.17, 15) is 0 Å². The van der Waals surface area contributed by atoms with Crippen molar-refractivity contribution in [1.29, 1.82) is 0 Å². The third-order valence-corrected chi connectivity index (χ3v) is 9.61. The van der Waals surface area contributed by atoms with Crippen LogP contribution in [0.5, 0.6) is 11.5 Å². The minimum atomic E-state index is -0.489. The highest BCUT2D eigenvalue weighted by Crippen LogP contribution is 2.42. The van der Waals surface area contributed by atoms with Crippen molar-refractivity contribution >= 4 is 17.5 Å². The summed E-state index contributed by atoms with van der Waals surface area (Å²) in [5.41, 5.74) is 6.97. The predicted octanol–water partition coefficient (Wildman–Crippen LogP) is 11.2. The maximum Gasteiger partial charge on any atom is 0.201 e. The van der Waals surface area contributed by atoms with Gasteiger partial charge in [-0.2, -0.15) is 0 Å². The highest BCUT2D eigenvalue weighted by Gasteiger charge is 2.33. The quantitative estimate of drug-likeness (QED) is 0.0561. The summed E-state index contributed by atoms with van der Waals surface area (Å²) < 4.78 is 24.2. The number of benzene rings is 4. The van der Waals surface area contributed by atoms with Gasteiger partial charge in [0.2, 0.25) is 5.90 Å². The molecule has 4 aromatic rings. The summed E-state index contributed by atoms with van der Waals surface area (Å²) in [6, 6.07) is 32.8. The normalized spacial score (nSPS) is 14.6. The Morgan fingerprint density at radius 3 is 1.95 bits per heavy atom. The fraction of sp³-hybridized carbons (Fsp3) is 0.224. The molecular weight excluding hydrogens is 681 g/mol. The monoisotopic (exact) mass is 730 g/mol. The van der Waals surface area contributed by atoms with Crippen LogP contribution in [0.25, 0.3) is 0 Å². The lowest BCUT2D eigenvalue weighted by Crippen LogP contribution is -2.23. The maximum absolute atomic E-state index is 6.08. The Bertz CT molecular complexity index is 2200. The number of rotatable bonds is 14. The first-order valence-corrected chi connectivity index (χ1v) is 18.3. The van der Waals surface area contributed by atoms with Gasteiger partial charge in [-0.25, -0.2) is 9.98 Å². The van der Waals surface area contributed by atoms with Gasteiger partial charge >= 0.3 is 0 Å². The van der Waals surface area contributed by atoms with E-state index >= 15 is 0 Å². The number of methoxy groups -OCH3 is 4. The van der Waals surface area contributed by atoms with Crippen LogP contribution in [0.1, 0.15) is 66.8 Å². The summed E-state index contributed by atoms with van der Waals surface area (Å²) in [7, 11) is 6.71. The number of nitrogens with zero attached hydrogens (tertiary/aromatic N) is 2. The van der Waals surface area contributed by atoms with Gasteiger partial charge in [0.1, 0.15) is 11.5 Å². The summed E-state index contributed by atoms with van der Waals surface area (Å²) in [5.74, 6) is 8.40. The highest BCUT2D eigenvalue weighted by atomic mass is 16.5. The first-order valence-electron chi connectivity index (χ1n) is 18.3. The van der Waals surface area contributed by atoms with Gasteiger partial charge in [0.25, 0.3) is 0 Å². The molecule has 0 spiro atoms. The molecule has 0 amide bonds. The summed E-state index contributed by atoms with van der Waals surface area (Å²) in [5, 5.41) is 0. The van der Waals surface area contributed by atoms with Crippen LogP contribution in [0.15, 0.2) is 167 Å². The lowest BCUT2D eigenvalue weighted by molar-refractivity contribution is 0.380. The van der Waals surface area contributed by atoms with Crippen LogP contribution in [0.4, 0.5) is 5.69 Å². The standard InChI is InChI=1S/C49H50N2O4/c1-9-10-15-22-35(2)50-47(54-7)45(36-25-18-13-19-26-36)41-33-38(29-31-43(41)52-5)49(3,4)39-30-32-44(53-6)42(34-39)46(37-23-16-11-12-17-24-37)48(55-8)51-40-27-20-14-21-28-40/h9-11,13-16,18-23,25-34,45-46H,1,12H2,2-8H3/b15-10-,35-22+,50-47?,51-48?. The van der Waals surface area contributed by atoms with Gasteiger partial charge in [0.15, 0.2) is 5.90 Å². The zero-order chi connectivity index (χ0) is 39.2. The summed E-state index contributed by atoms with van der Waals surface area (Å²) in [4.78, 5) is 9.94. The number of hydrogen-bond donors (Lipinski definition) is 0. The molecular formula is C49H50N2O4. The molecule has 4 aromatic carbocycles.